The Kier molecular flexibility index (Phi) is 3.05. The van der Waals surface area contributed by atoms with Crippen molar-refractivity contribution in [2.45, 2.75) is 0 Å². The molecule has 0 spiro atoms. The van der Waals surface area contributed by atoms with Crippen LogP contribution in [0.15, 0.2) is 42.6 Å². The molecule has 1 heterocycles. The third-order valence-corrected chi connectivity index (χ3v) is 2.44. The molecule has 0 fully saturated rings. The normalized spacial score (nSPS) is 9.94. The van der Waals surface area contributed by atoms with Crippen molar-refractivity contribution in [2.24, 2.45) is 5.73 Å². The number of nitrogens with zero attached hydrogens (tertiary/aromatic N) is 1. The number of hydrogen-bond donors (Lipinski definition) is 1. The van der Waals surface area contributed by atoms with E-state index in [2.05, 4.69) is 4.98 Å². The fourth-order valence-electron chi connectivity index (χ4n) is 1.58. The van der Waals surface area contributed by atoms with Gasteiger partial charge in [-0.05, 0) is 36.4 Å². The third kappa shape index (κ3) is 2.25. The molecule has 0 aliphatic heterocycles. The molecule has 0 radical (unpaired) electrons. The number of nitrogens with two attached hydrogens (primary N) is 1. The average Bonchev–Trinajstić information content (AvgIpc) is 2.39. The maximum Gasteiger partial charge on any atom is 0.250 e. The minimum absolute atomic E-state index is 0.415. The maximum absolute atomic E-state index is 11.3. The first-order valence-corrected chi connectivity index (χ1v) is 5.11. The molecule has 2 rings (SSSR count). The summed E-state index contributed by atoms with van der Waals surface area (Å²) in [6, 6.07) is 10.7. The van der Waals surface area contributed by atoms with Crippen LogP contribution in [0.2, 0.25) is 0 Å². The van der Waals surface area contributed by atoms with E-state index >= 15 is 0 Å². The monoisotopic (exact) mass is 228 g/mol. The highest BCUT2D eigenvalue weighted by atomic mass is 16.5. The summed E-state index contributed by atoms with van der Waals surface area (Å²) in [4.78, 5) is 15.5. The number of rotatable bonds is 3. The van der Waals surface area contributed by atoms with E-state index in [9.17, 15) is 4.79 Å². The van der Waals surface area contributed by atoms with Crippen molar-refractivity contribution in [1.29, 1.82) is 0 Å². The van der Waals surface area contributed by atoms with Crippen molar-refractivity contribution < 1.29 is 9.53 Å². The topological polar surface area (TPSA) is 65.2 Å². The molecule has 0 saturated carbocycles. The fraction of sp³-hybridized carbons (Fsp3) is 0.0769. The van der Waals surface area contributed by atoms with E-state index in [1.807, 2.05) is 24.3 Å². The van der Waals surface area contributed by atoms with Gasteiger partial charge in [-0.2, -0.15) is 0 Å². The molecule has 1 amide bonds. The van der Waals surface area contributed by atoms with Gasteiger partial charge in [0.25, 0.3) is 5.91 Å². The van der Waals surface area contributed by atoms with Crippen molar-refractivity contribution in [3.8, 4) is 17.0 Å². The number of ether oxygens (including phenoxy) is 1. The van der Waals surface area contributed by atoms with Crippen LogP contribution in [0.1, 0.15) is 10.4 Å². The van der Waals surface area contributed by atoms with Crippen LogP contribution in [-0.4, -0.2) is 18.0 Å². The Morgan fingerprint density at radius 1 is 1.24 bits per heavy atom. The Labute approximate surface area is 99.1 Å². The van der Waals surface area contributed by atoms with Gasteiger partial charge in [-0.1, -0.05) is 0 Å². The van der Waals surface area contributed by atoms with Crippen molar-refractivity contribution in [3.63, 3.8) is 0 Å². The SMILES string of the molecule is COc1ccc(-c2ncccc2C(N)=O)cc1. The molecule has 0 saturated heterocycles. The zero-order valence-corrected chi connectivity index (χ0v) is 9.38. The highest BCUT2D eigenvalue weighted by molar-refractivity contribution is 5.98. The van der Waals surface area contributed by atoms with Gasteiger partial charge in [0, 0.05) is 11.8 Å². The molecule has 0 atom stereocenters. The van der Waals surface area contributed by atoms with Gasteiger partial charge in [0.15, 0.2) is 0 Å². The van der Waals surface area contributed by atoms with E-state index < -0.39 is 5.91 Å². The van der Waals surface area contributed by atoms with E-state index in [1.165, 1.54) is 0 Å². The largest absolute Gasteiger partial charge is 0.497 e. The van der Waals surface area contributed by atoms with Crippen LogP contribution in [0.5, 0.6) is 5.75 Å². The van der Waals surface area contributed by atoms with E-state index in [-0.39, 0.29) is 0 Å². The lowest BCUT2D eigenvalue weighted by Gasteiger charge is -2.06. The molecule has 17 heavy (non-hydrogen) atoms. The first-order chi connectivity index (χ1) is 8.22. The summed E-state index contributed by atoms with van der Waals surface area (Å²) in [6.07, 6.45) is 1.63. The summed E-state index contributed by atoms with van der Waals surface area (Å²) in [7, 11) is 1.60. The van der Waals surface area contributed by atoms with Gasteiger partial charge in [0.1, 0.15) is 5.75 Å². The number of amides is 1. The highest BCUT2D eigenvalue weighted by Crippen LogP contribution is 2.23. The number of carbonyl (C=O) groups excluding carboxylic acids is 1. The Hall–Kier alpha value is -2.36. The molecule has 1 aromatic carbocycles. The summed E-state index contributed by atoms with van der Waals surface area (Å²) in [5, 5.41) is 0. The number of aromatic nitrogens is 1. The summed E-state index contributed by atoms with van der Waals surface area (Å²) >= 11 is 0. The molecular weight excluding hydrogens is 216 g/mol. The molecule has 2 aromatic rings. The molecule has 0 aliphatic rings. The van der Waals surface area contributed by atoms with Gasteiger partial charge in [-0.15, -0.1) is 0 Å². The zero-order valence-electron chi connectivity index (χ0n) is 9.38. The van der Waals surface area contributed by atoms with Gasteiger partial charge < -0.3 is 10.5 Å². The van der Waals surface area contributed by atoms with Gasteiger partial charge in [-0.3, -0.25) is 9.78 Å². The lowest BCUT2D eigenvalue weighted by molar-refractivity contribution is 0.100. The molecular formula is C13H12N2O2. The molecule has 4 heteroatoms. The first-order valence-electron chi connectivity index (χ1n) is 5.11. The van der Waals surface area contributed by atoms with Crippen molar-refractivity contribution in [2.75, 3.05) is 7.11 Å². The molecule has 1 aromatic heterocycles. The van der Waals surface area contributed by atoms with E-state index in [0.717, 1.165) is 11.3 Å². The lowest BCUT2D eigenvalue weighted by Crippen LogP contribution is -2.12. The summed E-state index contributed by atoms with van der Waals surface area (Å²) < 4.78 is 5.07. The van der Waals surface area contributed by atoms with Crippen LogP contribution in [0.25, 0.3) is 11.3 Å². The van der Waals surface area contributed by atoms with Crippen molar-refractivity contribution >= 4 is 5.91 Å². The van der Waals surface area contributed by atoms with Crippen LogP contribution >= 0.6 is 0 Å². The highest BCUT2D eigenvalue weighted by Gasteiger charge is 2.10. The predicted octanol–water partition coefficient (Wildman–Crippen LogP) is 1.86. The summed E-state index contributed by atoms with van der Waals surface area (Å²) in [5.74, 6) is 0.272. The molecule has 4 nitrogen and oxygen atoms in total. The number of hydrogen-bond acceptors (Lipinski definition) is 3. The van der Waals surface area contributed by atoms with Crippen LogP contribution in [-0.2, 0) is 0 Å². The lowest BCUT2D eigenvalue weighted by atomic mass is 10.1. The number of pyridine rings is 1. The third-order valence-electron chi connectivity index (χ3n) is 2.44. The van der Waals surface area contributed by atoms with Crippen LogP contribution < -0.4 is 10.5 Å². The van der Waals surface area contributed by atoms with Crippen LogP contribution in [0.4, 0.5) is 0 Å². The quantitative estimate of drug-likeness (QED) is 0.871. The average molecular weight is 228 g/mol. The molecule has 86 valence electrons. The van der Waals surface area contributed by atoms with E-state index in [1.54, 1.807) is 25.4 Å². The van der Waals surface area contributed by atoms with Gasteiger partial charge in [0.05, 0.1) is 18.4 Å². The molecule has 0 unspecified atom stereocenters. The van der Waals surface area contributed by atoms with Gasteiger partial charge >= 0.3 is 0 Å². The minimum Gasteiger partial charge on any atom is -0.497 e. The van der Waals surface area contributed by atoms with E-state index in [0.29, 0.717) is 11.3 Å². The Morgan fingerprint density at radius 2 is 1.94 bits per heavy atom. The standard InChI is InChI=1S/C13H12N2O2/c1-17-10-6-4-9(5-7-10)12-11(13(14)16)3-2-8-15-12/h2-8H,1H3,(H2,14,16). The fourth-order valence-corrected chi connectivity index (χ4v) is 1.58. The molecule has 0 aliphatic carbocycles. The Bertz CT molecular complexity index is 535. The minimum atomic E-state index is -0.482. The Morgan fingerprint density at radius 3 is 2.53 bits per heavy atom. The second-order valence-corrected chi connectivity index (χ2v) is 3.49. The second kappa shape index (κ2) is 4.65. The number of benzene rings is 1. The van der Waals surface area contributed by atoms with Crippen molar-refractivity contribution in [1.82, 2.24) is 4.98 Å². The smallest absolute Gasteiger partial charge is 0.250 e. The van der Waals surface area contributed by atoms with E-state index in [4.69, 9.17) is 10.5 Å². The second-order valence-electron chi connectivity index (χ2n) is 3.49. The summed E-state index contributed by atoms with van der Waals surface area (Å²) in [6.45, 7) is 0. The van der Waals surface area contributed by atoms with Crippen LogP contribution in [0.3, 0.4) is 0 Å². The number of methoxy groups -OCH3 is 1. The van der Waals surface area contributed by atoms with Crippen molar-refractivity contribution in [3.05, 3.63) is 48.2 Å². The first kappa shape index (κ1) is 11.1. The van der Waals surface area contributed by atoms with Crippen LogP contribution in [0, 0.1) is 0 Å². The Balaban J connectivity index is 2.48. The number of carbonyl (C=O) groups is 1. The maximum atomic E-state index is 11.3. The van der Waals surface area contributed by atoms with Gasteiger partial charge in [-0.25, -0.2) is 0 Å². The zero-order chi connectivity index (χ0) is 12.3. The molecule has 2 N–H and O–H groups in total. The molecule has 0 bridgehead atoms. The van der Waals surface area contributed by atoms with Gasteiger partial charge in [0.2, 0.25) is 0 Å². The summed E-state index contributed by atoms with van der Waals surface area (Å²) in [5.41, 5.74) is 7.14. The predicted molar refractivity (Wildman–Crippen MR) is 64.7 cm³/mol. The number of primary amides is 1.